The Hall–Kier alpha value is -0.600. The molecule has 0 spiro atoms. The van der Waals surface area contributed by atoms with Crippen LogP contribution in [-0.2, 0) is 6.42 Å². The molecule has 2 saturated heterocycles. The lowest BCUT2D eigenvalue weighted by Gasteiger charge is -2.40. The van der Waals surface area contributed by atoms with E-state index in [0.29, 0.717) is 5.92 Å². The molecule has 0 aromatic heterocycles. The van der Waals surface area contributed by atoms with Crippen molar-refractivity contribution in [3.8, 4) is 0 Å². The van der Waals surface area contributed by atoms with Crippen molar-refractivity contribution in [1.82, 2.24) is 4.90 Å². The number of halogens is 2. The Morgan fingerprint density at radius 2 is 2.11 bits per heavy atom. The zero-order valence-corrected chi connectivity index (χ0v) is 11.4. The molecule has 1 aromatic carbocycles. The van der Waals surface area contributed by atoms with Crippen LogP contribution < -0.4 is 0 Å². The van der Waals surface area contributed by atoms with Crippen LogP contribution in [-0.4, -0.2) is 24.0 Å². The number of nitrogens with zero attached hydrogens (tertiary/aromatic N) is 1. The van der Waals surface area contributed by atoms with Gasteiger partial charge in [0, 0.05) is 12.1 Å². The van der Waals surface area contributed by atoms with Gasteiger partial charge in [-0.15, -0.1) is 12.4 Å². The lowest BCUT2D eigenvalue weighted by molar-refractivity contribution is 0.109. The minimum Gasteiger partial charge on any atom is -0.300 e. The predicted octanol–water partition coefficient (Wildman–Crippen LogP) is 3.37. The minimum absolute atomic E-state index is 0. The summed E-state index contributed by atoms with van der Waals surface area (Å²) in [6, 6.07) is 6.97. The summed E-state index contributed by atoms with van der Waals surface area (Å²) in [6.07, 6.45) is 5.10. The Labute approximate surface area is 114 Å². The quantitative estimate of drug-likeness (QED) is 0.697. The lowest BCUT2D eigenvalue weighted by Crippen LogP contribution is -2.44. The molecule has 3 heteroatoms. The van der Waals surface area contributed by atoms with Crippen molar-refractivity contribution in [2.24, 2.45) is 5.92 Å². The van der Waals surface area contributed by atoms with E-state index in [0.717, 1.165) is 24.4 Å². The van der Waals surface area contributed by atoms with E-state index in [4.69, 9.17) is 0 Å². The molecule has 2 aliphatic heterocycles. The highest BCUT2D eigenvalue weighted by atomic mass is 35.5. The van der Waals surface area contributed by atoms with Crippen molar-refractivity contribution < 1.29 is 4.39 Å². The monoisotopic (exact) mass is 267 g/mol. The minimum atomic E-state index is -0.0686. The van der Waals surface area contributed by atoms with E-state index in [1.54, 1.807) is 12.1 Å². The van der Waals surface area contributed by atoms with Crippen LogP contribution in [0.25, 0.3) is 0 Å². The third-order valence-electron chi connectivity index (χ3n) is 5.39. The van der Waals surface area contributed by atoms with Crippen molar-refractivity contribution in [2.75, 3.05) is 7.05 Å². The standard InChI is InChI=1S/C15H18FN.ClH/c1-17-11-3-5-15(17)14-7-9-6-10(16)2-4-12(9)13(14)8-11;/h2,4,6,11,13-15H,3,5,7-8H2,1H3;1H/t11?,13-,14+,15?;/m1./s1. The van der Waals surface area contributed by atoms with Crippen LogP contribution in [0.4, 0.5) is 4.39 Å². The number of piperidine rings is 1. The van der Waals surface area contributed by atoms with Gasteiger partial charge < -0.3 is 4.90 Å². The molecule has 2 heterocycles. The van der Waals surface area contributed by atoms with Gasteiger partial charge in [-0.3, -0.25) is 0 Å². The summed E-state index contributed by atoms with van der Waals surface area (Å²) in [7, 11) is 2.28. The van der Waals surface area contributed by atoms with E-state index in [2.05, 4.69) is 11.9 Å². The smallest absolute Gasteiger partial charge is 0.123 e. The second-order valence-corrected chi connectivity index (χ2v) is 6.02. The third kappa shape index (κ3) is 1.55. The van der Waals surface area contributed by atoms with Crippen LogP contribution >= 0.6 is 12.4 Å². The molecule has 2 fully saturated rings. The SMILES string of the molecule is CN1C2CCC1[C@H]1Cc3cc(F)ccc3[C@H]1C2.Cl. The number of benzene rings is 1. The Balaban J connectivity index is 0.000001000. The van der Waals surface area contributed by atoms with Gasteiger partial charge in [0.15, 0.2) is 0 Å². The average Bonchev–Trinajstić information content (AvgIpc) is 2.76. The fraction of sp³-hybridized carbons (Fsp3) is 0.600. The Morgan fingerprint density at radius 1 is 1.28 bits per heavy atom. The molecular weight excluding hydrogens is 249 g/mol. The molecule has 98 valence electrons. The maximum absolute atomic E-state index is 13.3. The van der Waals surface area contributed by atoms with Crippen LogP contribution in [0, 0.1) is 11.7 Å². The molecular formula is C15H19ClFN. The van der Waals surface area contributed by atoms with Crippen LogP contribution in [0.2, 0.25) is 0 Å². The fourth-order valence-corrected chi connectivity index (χ4v) is 4.58. The second kappa shape index (κ2) is 4.21. The van der Waals surface area contributed by atoms with E-state index < -0.39 is 0 Å². The molecule has 4 rings (SSSR count). The third-order valence-corrected chi connectivity index (χ3v) is 5.39. The first-order chi connectivity index (χ1) is 8.24. The summed E-state index contributed by atoms with van der Waals surface area (Å²) in [6.45, 7) is 0. The van der Waals surface area contributed by atoms with E-state index in [9.17, 15) is 4.39 Å². The number of rotatable bonds is 0. The highest BCUT2D eigenvalue weighted by Crippen LogP contribution is 2.52. The zero-order chi connectivity index (χ0) is 11.6. The molecule has 1 aliphatic carbocycles. The first kappa shape index (κ1) is 12.4. The molecule has 0 saturated carbocycles. The van der Waals surface area contributed by atoms with Crippen LogP contribution in [0.1, 0.15) is 36.3 Å². The van der Waals surface area contributed by atoms with Gasteiger partial charge in [0.1, 0.15) is 5.82 Å². The number of fused-ring (bicyclic) bond motifs is 6. The van der Waals surface area contributed by atoms with Gasteiger partial charge >= 0.3 is 0 Å². The van der Waals surface area contributed by atoms with E-state index in [-0.39, 0.29) is 18.2 Å². The topological polar surface area (TPSA) is 3.24 Å². The van der Waals surface area contributed by atoms with E-state index >= 15 is 0 Å². The average molecular weight is 268 g/mol. The largest absolute Gasteiger partial charge is 0.300 e. The highest BCUT2D eigenvalue weighted by molar-refractivity contribution is 5.85. The van der Waals surface area contributed by atoms with Crippen molar-refractivity contribution in [2.45, 2.75) is 43.7 Å². The van der Waals surface area contributed by atoms with Crippen molar-refractivity contribution in [1.29, 1.82) is 0 Å². The second-order valence-electron chi connectivity index (χ2n) is 6.02. The highest BCUT2D eigenvalue weighted by Gasteiger charge is 2.48. The van der Waals surface area contributed by atoms with Crippen LogP contribution in [0.5, 0.6) is 0 Å². The maximum Gasteiger partial charge on any atom is 0.123 e. The first-order valence-electron chi connectivity index (χ1n) is 6.74. The van der Waals surface area contributed by atoms with Gasteiger partial charge in [0.25, 0.3) is 0 Å². The Morgan fingerprint density at radius 3 is 2.94 bits per heavy atom. The van der Waals surface area contributed by atoms with Crippen LogP contribution in [0.3, 0.4) is 0 Å². The molecule has 0 N–H and O–H groups in total. The molecule has 3 aliphatic rings. The predicted molar refractivity (Wildman–Crippen MR) is 72.8 cm³/mol. The van der Waals surface area contributed by atoms with Gasteiger partial charge in [0.2, 0.25) is 0 Å². The molecule has 4 atom stereocenters. The lowest BCUT2D eigenvalue weighted by atomic mass is 9.81. The fourth-order valence-electron chi connectivity index (χ4n) is 4.58. The summed E-state index contributed by atoms with van der Waals surface area (Å²) < 4.78 is 13.3. The molecule has 1 nitrogen and oxygen atoms in total. The summed E-state index contributed by atoms with van der Waals surface area (Å²) in [4.78, 5) is 2.59. The van der Waals surface area contributed by atoms with Gasteiger partial charge in [-0.1, -0.05) is 6.07 Å². The van der Waals surface area contributed by atoms with Crippen molar-refractivity contribution in [3.63, 3.8) is 0 Å². The van der Waals surface area contributed by atoms with Crippen LogP contribution in [0.15, 0.2) is 18.2 Å². The van der Waals surface area contributed by atoms with Gasteiger partial charge in [-0.2, -0.15) is 0 Å². The van der Waals surface area contributed by atoms with E-state index in [1.165, 1.54) is 30.4 Å². The van der Waals surface area contributed by atoms with Gasteiger partial charge in [-0.25, -0.2) is 4.39 Å². The van der Waals surface area contributed by atoms with Crippen molar-refractivity contribution >= 4 is 12.4 Å². The summed E-state index contributed by atoms with van der Waals surface area (Å²) in [5, 5.41) is 0. The summed E-state index contributed by atoms with van der Waals surface area (Å²) in [5.74, 6) is 1.38. The summed E-state index contributed by atoms with van der Waals surface area (Å²) in [5.41, 5.74) is 2.72. The molecule has 2 unspecified atom stereocenters. The van der Waals surface area contributed by atoms with Crippen molar-refractivity contribution in [3.05, 3.63) is 35.1 Å². The molecule has 0 radical (unpaired) electrons. The Bertz CT molecular complexity index is 476. The Kier molecular flexibility index (Phi) is 2.91. The molecule has 1 aromatic rings. The summed E-state index contributed by atoms with van der Waals surface area (Å²) >= 11 is 0. The van der Waals surface area contributed by atoms with Gasteiger partial charge in [0.05, 0.1) is 0 Å². The number of hydrogen-bond donors (Lipinski definition) is 0. The normalized spacial score (nSPS) is 37.0. The van der Waals surface area contributed by atoms with E-state index in [1.807, 2.05) is 6.07 Å². The molecule has 2 bridgehead atoms. The maximum atomic E-state index is 13.3. The molecule has 0 amide bonds. The molecule has 18 heavy (non-hydrogen) atoms. The zero-order valence-electron chi connectivity index (χ0n) is 10.6. The van der Waals surface area contributed by atoms with Gasteiger partial charge in [-0.05, 0) is 67.8 Å². The first-order valence-corrected chi connectivity index (χ1v) is 6.74. The number of hydrogen-bond acceptors (Lipinski definition) is 1.